The normalized spacial score (nSPS) is 12.5. The number of nitrogens with zero attached hydrogens (tertiary/aromatic N) is 1. The van der Waals surface area contributed by atoms with Gasteiger partial charge in [0.2, 0.25) is 10.0 Å². The van der Waals surface area contributed by atoms with Crippen molar-refractivity contribution in [3.63, 3.8) is 0 Å². The molecule has 4 aromatic rings. The van der Waals surface area contributed by atoms with Crippen LogP contribution in [0.25, 0.3) is 10.2 Å². The zero-order chi connectivity index (χ0) is 24.8. The lowest BCUT2D eigenvalue weighted by atomic mass is 10.0. The highest BCUT2D eigenvalue weighted by molar-refractivity contribution is 7.89. The summed E-state index contributed by atoms with van der Waals surface area (Å²) in [6, 6.07) is 20.4. The zero-order valence-corrected chi connectivity index (χ0v) is 20.7. The van der Waals surface area contributed by atoms with Gasteiger partial charge >= 0.3 is 0 Å². The second-order valence-corrected chi connectivity index (χ2v) is 10.6. The minimum absolute atomic E-state index is 0.0470. The molecule has 4 rings (SSSR count). The molecule has 0 bridgehead atoms. The van der Waals surface area contributed by atoms with E-state index in [0.29, 0.717) is 36.0 Å². The first kappa shape index (κ1) is 24.8. The molecule has 0 radical (unpaired) electrons. The van der Waals surface area contributed by atoms with Gasteiger partial charge in [0, 0.05) is 12.7 Å². The average Bonchev–Trinajstić information content (AvgIpc) is 3.28. The van der Waals surface area contributed by atoms with Gasteiger partial charge in [-0.3, -0.25) is 5.41 Å². The van der Waals surface area contributed by atoms with Crippen LogP contribution in [0, 0.1) is 5.41 Å². The second kappa shape index (κ2) is 11.0. The first-order valence-electron chi connectivity index (χ1n) is 10.9. The molecule has 1 unspecified atom stereocenters. The monoisotopic (exact) mass is 510 g/mol. The molecule has 0 saturated carbocycles. The van der Waals surface area contributed by atoms with E-state index < -0.39 is 16.1 Å². The number of rotatable bonds is 11. The average molecular weight is 511 g/mol. The summed E-state index contributed by atoms with van der Waals surface area (Å²) in [6.45, 7) is 0.911. The van der Waals surface area contributed by atoms with Gasteiger partial charge in [-0.15, -0.1) is 11.3 Å². The third kappa shape index (κ3) is 6.23. The largest absolute Gasteiger partial charge is 0.491 e. The summed E-state index contributed by atoms with van der Waals surface area (Å²) in [6.07, 6.45) is 0.338. The van der Waals surface area contributed by atoms with E-state index in [9.17, 15) is 8.42 Å². The SMILES string of the molecule is COCCOc1ccc2nc(C(Cc3cccc(C(=N)N)c3)NS(=O)(=O)c3ccccc3)sc2c1. The Hall–Kier alpha value is -3.31. The van der Waals surface area contributed by atoms with Gasteiger partial charge in [0.05, 0.1) is 27.8 Å². The molecule has 1 heterocycles. The van der Waals surface area contributed by atoms with E-state index in [4.69, 9.17) is 25.6 Å². The van der Waals surface area contributed by atoms with E-state index in [1.54, 1.807) is 55.6 Å². The summed E-state index contributed by atoms with van der Waals surface area (Å²) in [5, 5.41) is 8.35. The molecule has 0 aliphatic heterocycles. The van der Waals surface area contributed by atoms with E-state index in [-0.39, 0.29) is 10.7 Å². The maximum absolute atomic E-state index is 13.2. The molecule has 1 atom stereocenters. The van der Waals surface area contributed by atoms with Gasteiger partial charge in [0.25, 0.3) is 0 Å². The van der Waals surface area contributed by atoms with Crippen LogP contribution in [0.15, 0.2) is 77.7 Å². The van der Waals surface area contributed by atoms with Crippen molar-refractivity contribution in [2.45, 2.75) is 17.4 Å². The topological polar surface area (TPSA) is 127 Å². The molecule has 0 aliphatic rings. The van der Waals surface area contributed by atoms with E-state index >= 15 is 0 Å². The second-order valence-electron chi connectivity index (χ2n) is 7.83. The Morgan fingerprint density at radius 1 is 1.09 bits per heavy atom. The van der Waals surface area contributed by atoms with Crippen LogP contribution in [0.5, 0.6) is 5.75 Å². The molecule has 1 aromatic heterocycles. The van der Waals surface area contributed by atoms with Crippen LogP contribution in [-0.2, 0) is 21.2 Å². The Morgan fingerprint density at radius 3 is 2.63 bits per heavy atom. The Bertz CT molecular complexity index is 1420. The van der Waals surface area contributed by atoms with Crippen molar-refractivity contribution in [3.8, 4) is 5.75 Å². The van der Waals surface area contributed by atoms with Crippen molar-refractivity contribution in [2.75, 3.05) is 20.3 Å². The Balaban J connectivity index is 1.68. The number of amidine groups is 1. The van der Waals surface area contributed by atoms with Crippen molar-refractivity contribution >= 4 is 37.4 Å². The number of fused-ring (bicyclic) bond motifs is 1. The molecule has 0 fully saturated rings. The van der Waals surface area contributed by atoms with Crippen molar-refractivity contribution in [2.24, 2.45) is 5.73 Å². The quantitative estimate of drug-likeness (QED) is 0.160. The molecule has 0 saturated heterocycles. The van der Waals surface area contributed by atoms with E-state index in [0.717, 1.165) is 15.8 Å². The highest BCUT2D eigenvalue weighted by Gasteiger charge is 2.25. The van der Waals surface area contributed by atoms with Gasteiger partial charge < -0.3 is 15.2 Å². The van der Waals surface area contributed by atoms with Crippen LogP contribution in [0.2, 0.25) is 0 Å². The first-order chi connectivity index (χ1) is 16.9. The fourth-order valence-corrected chi connectivity index (χ4v) is 5.88. The van der Waals surface area contributed by atoms with Crippen LogP contribution >= 0.6 is 11.3 Å². The van der Waals surface area contributed by atoms with Gasteiger partial charge in [-0.1, -0.05) is 36.4 Å². The summed E-state index contributed by atoms with van der Waals surface area (Å²) in [4.78, 5) is 4.90. The van der Waals surface area contributed by atoms with Gasteiger partial charge in [0.1, 0.15) is 23.2 Å². The Kier molecular flexibility index (Phi) is 7.76. The van der Waals surface area contributed by atoms with Crippen molar-refractivity contribution < 1.29 is 17.9 Å². The van der Waals surface area contributed by atoms with E-state index in [2.05, 4.69) is 4.72 Å². The minimum Gasteiger partial charge on any atom is -0.491 e. The molecular formula is C25H26N4O4S2. The van der Waals surface area contributed by atoms with Crippen LogP contribution in [0.1, 0.15) is 22.2 Å². The van der Waals surface area contributed by atoms with Crippen molar-refractivity contribution in [3.05, 3.63) is 88.9 Å². The van der Waals surface area contributed by atoms with Crippen LogP contribution < -0.4 is 15.2 Å². The summed E-state index contributed by atoms with van der Waals surface area (Å²) in [5.74, 6) is 0.648. The number of ether oxygens (including phenoxy) is 2. The standard InChI is InChI=1S/C25H26N4O4S2/c1-32-12-13-33-19-10-11-21-23(16-19)34-25(28-21)22(15-17-6-5-7-18(14-17)24(26)27)29-35(30,31)20-8-3-2-4-9-20/h2-11,14,16,22,29H,12-13,15H2,1H3,(H3,26,27). The van der Waals surface area contributed by atoms with Crippen molar-refractivity contribution in [1.29, 1.82) is 5.41 Å². The highest BCUT2D eigenvalue weighted by atomic mass is 32.2. The lowest BCUT2D eigenvalue weighted by Gasteiger charge is -2.17. The number of aromatic nitrogens is 1. The molecule has 35 heavy (non-hydrogen) atoms. The van der Waals surface area contributed by atoms with Crippen LogP contribution in [-0.4, -0.2) is 39.6 Å². The fraction of sp³-hybridized carbons (Fsp3) is 0.200. The maximum atomic E-state index is 13.2. The van der Waals surface area contributed by atoms with Gasteiger partial charge in [-0.25, -0.2) is 18.1 Å². The van der Waals surface area contributed by atoms with Crippen LogP contribution in [0.4, 0.5) is 0 Å². The number of nitrogens with one attached hydrogen (secondary N) is 2. The third-order valence-corrected chi connectivity index (χ3v) is 7.88. The first-order valence-corrected chi connectivity index (χ1v) is 13.2. The zero-order valence-electron chi connectivity index (χ0n) is 19.1. The minimum atomic E-state index is -3.80. The molecule has 10 heteroatoms. The van der Waals surface area contributed by atoms with Gasteiger partial charge in [-0.05, 0) is 48.4 Å². The van der Waals surface area contributed by atoms with E-state index in [1.807, 2.05) is 24.3 Å². The van der Waals surface area contributed by atoms with E-state index in [1.165, 1.54) is 11.3 Å². The Morgan fingerprint density at radius 2 is 1.89 bits per heavy atom. The van der Waals surface area contributed by atoms with Crippen LogP contribution in [0.3, 0.4) is 0 Å². The molecule has 0 aliphatic carbocycles. The third-order valence-electron chi connectivity index (χ3n) is 5.26. The number of nitrogen functional groups attached to an aromatic ring is 1. The number of benzene rings is 3. The number of nitrogens with two attached hydrogens (primary N) is 1. The molecule has 0 amide bonds. The molecule has 182 valence electrons. The van der Waals surface area contributed by atoms with Gasteiger partial charge in [0.15, 0.2) is 0 Å². The number of hydrogen-bond acceptors (Lipinski definition) is 7. The smallest absolute Gasteiger partial charge is 0.241 e. The number of thiazole rings is 1. The lowest BCUT2D eigenvalue weighted by Crippen LogP contribution is -2.30. The molecule has 3 aromatic carbocycles. The lowest BCUT2D eigenvalue weighted by molar-refractivity contribution is 0.146. The molecule has 0 spiro atoms. The summed E-state index contributed by atoms with van der Waals surface area (Å²) in [7, 11) is -2.19. The summed E-state index contributed by atoms with van der Waals surface area (Å²) < 4.78 is 40.8. The van der Waals surface area contributed by atoms with Gasteiger partial charge in [-0.2, -0.15) is 0 Å². The molecular weight excluding hydrogens is 484 g/mol. The molecule has 8 nitrogen and oxygen atoms in total. The number of methoxy groups -OCH3 is 1. The van der Waals surface area contributed by atoms with Crippen molar-refractivity contribution in [1.82, 2.24) is 9.71 Å². The maximum Gasteiger partial charge on any atom is 0.241 e. The predicted octanol–water partition coefficient (Wildman–Crippen LogP) is 3.87. The summed E-state index contributed by atoms with van der Waals surface area (Å²) in [5.41, 5.74) is 7.82. The summed E-state index contributed by atoms with van der Waals surface area (Å²) >= 11 is 1.41. The Labute approximate surface area is 208 Å². The predicted molar refractivity (Wildman–Crippen MR) is 138 cm³/mol. The number of sulfonamides is 1. The number of hydrogen-bond donors (Lipinski definition) is 3. The fourth-order valence-electron chi connectivity index (χ4n) is 3.54. The highest BCUT2D eigenvalue weighted by Crippen LogP contribution is 2.32. The molecule has 4 N–H and O–H groups in total.